The minimum atomic E-state index is -0.952. The number of benzene rings is 1. The second-order valence-electron chi connectivity index (χ2n) is 5.62. The Balaban J connectivity index is 1.59. The van der Waals surface area contributed by atoms with Crippen LogP contribution in [0.1, 0.15) is 36.9 Å². The number of hydrogen-bond donors (Lipinski definition) is 0. The zero-order chi connectivity index (χ0) is 18.4. The topological polar surface area (TPSA) is 112 Å². The van der Waals surface area contributed by atoms with Gasteiger partial charge in [0.05, 0.1) is 29.2 Å². The zero-order valence-electron chi connectivity index (χ0n) is 13.8. The van der Waals surface area contributed by atoms with Gasteiger partial charge in [-0.1, -0.05) is 17.2 Å². The average molecular weight is 352 g/mol. The number of hydrogen-bond acceptors (Lipinski definition) is 7. The molecule has 0 bridgehead atoms. The summed E-state index contributed by atoms with van der Waals surface area (Å²) in [4.78, 5) is 43.2. The second-order valence-corrected chi connectivity index (χ2v) is 5.62. The maximum Gasteiger partial charge on any atom is 0.385 e. The summed E-state index contributed by atoms with van der Waals surface area (Å²) >= 11 is 0. The molecule has 130 valence electrons. The summed E-state index contributed by atoms with van der Waals surface area (Å²) in [5, 5.41) is 12.6. The van der Waals surface area contributed by atoms with Crippen LogP contribution in [0.2, 0.25) is 0 Å². The number of aryl methyl sites for hydroxylation is 2. The highest BCUT2D eigenvalue weighted by atomic mass is 16.7. The van der Waals surface area contributed by atoms with Crippen LogP contribution in [0.5, 0.6) is 0 Å². The van der Waals surface area contributed by atoms with Gasteiger partial charge < -0.3 is 4.84 Å². The number of carbonyl (C=O) groups is 3. The molecule has 0 saturated carbocycles. The van der Waals surface area contributed by atoms with Crippen molar-refractivity contribution in [3.05, 3.63) is 59.2 Å². The first-order valence-corrected chi connectivity index (χ1v) is 7.59. The van der Waals surface area contributed by atoms with Gasteiger partial charge in [-0.05, 0) is 19.1 Å². The number of fused-ring (bicyclic) bond motifs is 1. The summed E-state index contributed by atoms with van der Waals surface area (Å²) < 4.78 is 1.56. The van der Waals surface area contributed by atoms with Gasteiger partial charge in [0.25, 0.3) is 11.8 Å². The van der Waals surface area contributed by atoms with E-state index in [9.17, 15) is 14.4 Å². The average Bonchev–Trinajstić information content (AvgIpc) is 3.29. The normalized spacial score (nSPS) is 13.2. The number of hydroxylamine groups is 2. The molecular weight excluding hydrogens is 340 g/mol. The maximum atomic E-state index is 12.4. The van der Waals surface area contributed by atoms with Crippen LogP contribution < -0.4 is 0 Å². The molecule has 0 radical (unpaired) electrons. The Morgan fingerprint density at radius 3 is 2.31 bits per heavy atom. The lowest BCUT2D eigenvalue weighted by Gasteiger charge is -2.11. The van der Waals surface area contributed by atoms with Gasteiger partial charge in [0.2, 0.25) is 0 Å². The molecule has 10 heteroatoms. The van der Waals surface area contributed by atoms with Crippen molar-refractivity contribution in [2.75, 3.05) is 0 Å². The SMILES string of the molecule is Cc1nn(-c2cnn(C)c2)nc1C(=O)ON1C(=O)c2ccccc2C1=O. The molecule has 26 heavy (non-hydrogen) atoms. The smallest absolute Gasteiger partial charge is 0.322 e. The fourth-order valence-electron chi connectivity index (χ4n) is 2.57. The summed E-state index contributed by atoms with van der Waals surface area (Å²) in [5.74, 6) is -2.35. The molecule has 1 aliphatic heterocycles. The summed E-state index contributed by atoms with van der Waals surface area (Å²) in [7, 11) is 1.73. The Morgan fingerprint density at radius 1 is 1.08 bits per heavy atom. The fourth-order valence-corrected chi connectivity index (χ4v) is 2.57. The molecule has 2 aromatic heterocycles. The highest BCUT2D eigenvalue weighted by Gasteiger charge is 2.39. The number of carbonyl (C=O) groups excluding carboxylic acids is 3. The number of nitrogens with zero attached hydrogens (tertiary/aromatic N) is 6. The van der Waals surface area contributed by atoms with Crippen molar-refractivity contribution in [3.63, 3.8) is 0 Å². The van der Waals surface area contributed by atoms with Crippen molar-refractivity contribution < 1.29 is 19.2 Å². The van der Waals surface area contributed by atoms with Gasteiger partial charge in [-0.3, -0.25) is 14.3 Å². The van der Waals surface area contributed by atoms with Crippen molar-refractivity contribution >= 4 is 17.8 Å². The molecule has 1 aliphatic rings. The number of amides is 2. The molecule has 1 aromatic carbocycles. The number of rotatable bonds is 3. The Morgan fingerprint density at radius 2 is 1.73 bits per heavy atom. The molecule has 4 rings (SSSR count). The predicted molar refractivity (Wildman–Crippen MR) is 85.2 cm³/mol. The Kier molecular flexibility index (Phi) is 3.39. The highest BCUT2D eigenvalue weighted by molar-refractivity contribution is 6.21. The molecule has 0 N–H and O–H groups in total. The summed E-state index contributed by atoms with van der Waals surface area (Å²) in [6.45, 7) is 1.57. The zero-order valence-corrected chi connectivity index (χ0v) is 13.8. The lowest BCUT2D eigenvalue weighted by atomic mass is 10.1. The Labute approximate surface area is 146 Å². The molecular formula is C16H12N6O4. The van der Waals surface area contributed by atoms with Crippen LogP contribution in [0.4, 0.5) is 0 Å². The van der Waals surface area contributed by atoms with E-state index >= 15 is 0 Å². The van der Waals surface area contributed by atoms with Crippen LogP contribution in [0.15, 0.2) is 36.7 Å². The number of imide groups is 1. The van der Waals surface area contributed by atoms with Crippen LogP contribution in [0.25, 0.3) is 5.69 Å². The van der Waals surface area contributed by atoms with Gasteiger partial charge in [-0.2, -0.15) is 10.2 Å². The lowest BCUT2D eigenvalue weighted by Crippen LogP contribution is -2.33. The quantitative estimate of drug-likeness (QED) is 0.637. The van der Waals surface area contributed by atoms with E-state index < -0.39 is 17.8 Å². The van der Waals surface area contributed by atoms with Gasteiger partial charge >= 0.3 is 5.97 Å². The molecule has 0 aliphatic carbocycles. The minimum Gasteiger partial charge on any atom is -0.322 e. The summed E-state index contributed by atoms with van der Waals surface area (Å²) in [5.41, 5.74) is 1.10. The van der Waals surface area contributed by atoms with E-state index in [1.165, 1.54) is 23.1 Å². The van der Waals surface area contributed by atoms with E-state index in [0.29, 0.717) is 10.8 Å². The van der Waals surface area contributed by atoms with Crippen LogP contribution in [-0.2, 0) is 11.9 Å². The number of aromatic nitrogens is 5. The van der Waals surface area contributed by atoms with E-state index in [4.69, 9.17) is 4.84 Å². The predicted octanol–water partition coefficient (Wildman–Crippen LogP) is 0.677. The van der Waals surface area contributed by atoms with Crippen molar-refractivity contribution in [2.45, 2.75) is 6.92 Å². The third-order valence-corrected chi connectivity index (χ3v) is 3.83. The van der Waals surface area contributed by atoms with E-state index in [2.05, 4.69) is 15.3 Å². The Hall–Kier alpha value is -3.82. The molecule has 0 saturated heterocycles. The van der Waals surface area contributed by atoms with Crippen molar-refractivity contribution in [3.8, 4) is 5.69 Å². The van der Waals surface area contributed by atoms with Crippen molar-refractivity contribution in [1.29, 1.82) is 0 Å². The van der Waals surface area contributed by atoms with E-state index in [0.717, 1.165) is 0 Å². The highest BCUT2D eigenvalue weighted by Crippen LogP contribution is 2.23. The molecule has 10 nitrogen and oxygen atoms in total. The molecule has 2 amide bonds. The maximum absolute atomic E-state index is 12.4. The second kappa shape index (κ2) is 5.62. The molecule has 0 unspecified atom stereocenters. The van der Waals surface area contributed by atoms with Gasteiger partial charge in [-0.15, -0.1) is 9.90 Å². The first-order valence-electron chi connectivity index (χ1n) is 7.59. The molecule has 3 aromatic rings. The standard InChI is InChI=1S/C16H12N6O4/c1-9-13(19-22(18-9)10-7-17-20(2)8-10)16(25)26-21-14(23)11-5-3-4-6-12(11)15(21)24/h3-8H,1-2H3. The summed E-state index contributed by atoms with van der Waals surface area (Å²) in [6.07, 6.45) is 3.19. The molecule has 3 heterocycles. The first kappa shape index (κ1) is 15.7. The van der Waals surface area contributed by atoms with Gasteiger partial charge in [0.15, 0.2) is 5.69 Å². The van der Waals surface area contributed by atoms with Gasteiger partial charge in [-0.25, -0.2) is 4.79 Å². The monoisotopic (exact) mass is 352 g/mol. The molecule has 0 fully saturated rings. The molecule has 0 spiro atoms. The van der Waals surface area contributed by atoms with Gasteiger partial charge in [0, 0.05) is 7.05 Å². The fraction of sp³-hybridized carbons (Fsp3) is 0.125. The van der Waals surface area contributed by atoms with Crippen molar-refractivity contribution in [1.82, 2.24) is 29.8 Å². The van der Waals surface area contributed by atoms with Crippen LogP contribution in [0, 0.1) is 6.92 Å². The third kappa shape index (κ3) is 2.35. The van der Waals surface area contributed by atoms with Crippen LogP contribution >= 0.6 is 0 Å². The lowest BCUT2D eigenvalue weighted by molar-refractivity contribution is -0.0589. The van der Waals surface area contributed by atoms with E-state index in [1.807, 2.05) is 0 Å². The van der Waals surface area contributed by atoms with E-state index in [-0.39, 0.29) is 22.5 Å². The van der Waals surface area contributed by atoms with Gasteiger partial charge in [0.1, 0.15) is 5.69 Å². The Bertz CT molecular complexity index is 1030. The largest absolute Gasteiger partial charge is 0.385 e. The third-order valence-electron chi connectivity index (χ3n) is 3.83. The molecule has 0 atom stereocenters. The van der Waals surface area contributed by atoms with Crippen molar-refractivity contribution in [2.24, 2.45) is 7.05 Å². The minimum absolute atomic E-state index is 0.106. The van der Waals surface area contributed by atoms with E-state index in [1.54, 1.807) is 37.0 Å². The first-order chi connectivity index (χ1) is 12.5. The van der Waals surface area contributed by atoms with Crippen LogP contribution in [-0.4, -0.2) is 47.6 Å². The van der Waals surface area contributed by atoms with Crippen LogP contribution in [0.3, 0.4) is 0 Å². The summed E-state index contributed by atoms with van der Waals surface area (Å²) in [6, 6.07) is 6.23.